The average molecular weight is 672 g/mol. The Balaban J connectivity index is 1.77. The Kier molecular flexibility index (Phi) is 13.1. The van der Waals surface area contributed by atoms with E-state index in [1.807, 2.05) is 0 Å². The number of carbonyl (C=O) groups is 2. The van der Waals surface area contributed by atoms with E-state index in [4.69, 9.17) is 19.6 Å². The summed E-state index contributed by atoms with van der Waals surface area (Å²) in [4.78, 5) is 65.0. The van der Waals surface area contributed by atoms with E-state index in [2.05, 4.69) is 25.8 Å². The molecular weight excluding hydrogens is 628 g/mol. The third-order valence-corrected chi connectivity index (χ3v) is 8.49. The van der Waals surface area contributed by atoms with Crippen LogP contribution in [0.1, 0.15) is 35.1 Å². The molecule has 9 N–H and O–H groups in total. The van der Waals surface area contributed by atoms with Gasteiger partial charge in [-0.2, -0.15) is 0 Å². The Labute approximate surface area is 262 Å². The minimum absolute atomic E-state index is 0.0724. The molecule has 0 spiro atoms. The largest absolute Gasteiger partial charge is 0.505 e. The summed E-state index contributed by atoms with van der Waals surface area (Å²) in [7, 11) is -9.15. The van der Waals surface area contributed by atoms with Crippen LogP contribution in [-0.2, 0) is 31.8 Å². The zero-order chi connectivity index (χ0) is 33.4. The van der Waals surface area contributed by atoms with E-state index in [0.717, 1.165) is 37.1 Å². The van der Waals surface area contributed by atoms with Gasteiger partial charge in [0.15, 0.2) is 0 Å². The van der Waals surface area contributed by atoms with E-state index in [1.165, 1.54) is 12.1 Å². The number of rotatable bonds is 10. The number of nitrogens with one attached hydrogen (secondary N) is 3. The fourth-order valence-corrected chi connectivity index (χ4v) is 6.08. The molecule has 0 saturated carbocycles. The standard InChI is InChI=1S/C28H43N5O10P2/c1-19-11-21(27(36)23(13-19)30-25(34)17-44(38,39)40)15-32-7-3-5-29-6-4-8-33(10-9-32)16-22-12-20(2)14-24(28(22)37)31-26(35)18-45(41,42)43/h11-14,29,36-37H,3-10,15-18H2,1-2H3,(H,30,34)(H,31,35)(H2,38,39,40)(H2,41,42,43). The summed E-state index contributed by atoms with van der Waals surface area (Å²) in [5.74, 6) is -2.17. The molecular formula is C28H43N5O10P2. The zero-order valence-corrected chi connectivity index (χ0v) is 27.2. The number of hydrogen-bond acceptors (Lipinski definition) is 9. The smallest absolute Gasteiger partial charge is 0.334 e. The van der Waals surface area contributed by atoms with Crippen LogP contribution >= 0.6 is 15.2 Å². The highest BCUT2D eigenvalue weighted by Gasteiger charge is 2.23. The molecule has 250 valence electrons. The molecule has 45 heavy (non-hydrogen) atoms. The van der Waals surface area contributed by atoms with Crippen molar-refractivity contribution in [3.05, 3.63) is 46.5 Å². The van der Waals surface area contributed by atoms with Crippen molar-refractivity contribution in [2.75, 3.05) is 62.2 Å². The molecule has 1 aliphatic rings. The molecule has 0 unspecified atom stereocenters. The molecule has 17 heteroatoms. The van der Waals surface area contributed by atoms with Crippen molar-refractivity contribution in [3.8, 4) is 11.5 Å². The summed E-state index contributed by atoms with van der Waals surface area (Å²) in [6.07, 6.45) is -0.311. The van der Waals surface area contributed by atoms with E-state index in [-0.39, 0.29) is 22.9 Å². The van der Waals surface area contributed by atoms with Gasteiger partial charge in [0.05, 0.1) is 11.4 Å². The van der Waals surface area contributed by atoms with Crippen LogP contribution in [0.3, 0.4) is 0 Å². The van der Waals surface area contributed by atoms with Gasteiger partial charge in [-0.1, -0.05) is 12.1 Å². The summed E-state index contributed by atoms with van der Waals surface area (Å²) in [5.41, 5.74) is 2.72. The second-order valence-electron chi connectivity index (χ2n) is 11.4. The molecule has 2 aromatic carbocycles. The minimum Gasteiger partial charge on any atom is -0.505 e. The fourth-order valence-electron chi connectivity index (χ4n) is 5.18. The minimum atomic E-state index is -4.58. The van der Waals surface area contributed by atoms with Crippen LogP contribution in [0.2, 0.25) is 0 Å². The monoisotopic (exact) mass is 671 g/mol. The van der Waals surface area contributed by atoms with Crippen molar-refractivity contribution >= 4 is 38.4 Å². The van der Waals surface area contributed by atoms with E-state index in [1.54, 1.807) is 26.0 Å². The highest BCUT2D eigenvalue weighted by atomic mass is 31.2. The van der Waals surface area contributed by atoms with Crippen molar-refractivity contribution in [2.24, 2.45) is 0 Å². The van der Waals surface area contributed by atoms with Gasteiger partial charge in [0.25, 0.3) is 0 Å². The predicted molar refractivity (Wildman–Crippen MR) is 169 cm³/mol. The van der Waals surface area contributed by atoms with E-state index in [0.29, 0.717) is 50.4 Å². The SMILES string of the molecule is Cc1cc(CN2CCCNCCCN(Cc3cc(C)cc(NC(=O)CP(=O)(O)O)c3O)CC2)c(O)c(NC(=O)CP(=O)(O)O)c1. The number of hydrogen-bond donors (Lipinski definition) is 9. The number of phenols is 2. The molecule has 2 aromatic rings. The molecule has 1 saturated heterocycles. The first-order valence-corrected chi connectivity index (χ1v) is 18.1. The summed E-state index contributed by atoms with van der Waals surface area (Å²) >= 11 is 0. The van der Waals surface area contributed by atoms with E-state index < -0.39 is 39.3 Å². The number of benzene rings is 2. The van der Waals surface area contributed by atoms with Gasteiger partial charge in [-0.15, -0.1) is 0 Å². The zero-order valence-electron chi connectivity index (χ0n) is 25.4. The summed E-state index contributed by atoms with van der Waals surface area (Å²) in [5, 5.41) is 30.1. The first-order chi connectivity index (χ1) is 21.0. The van der Waals surface area contributed by atoms with Crippen LogP contribution in [0.5, 0.6) is 11.5 Å². The van der Waals surface area contributed by atoms with Gasteiger partial charge in [-0.3, -0.25) is 28.5 Å². The number of nitrogens with zero attached hydrogens (tertiary/aromatic N) is 2. The lowest BCUT2D eigenvalue weighted by Gasteiger charge is -2.28. The van der Waals surface area contributed by atoms with Crippen molar-refractivity contribution in [1.29, 1.82) is 0 Å². The van der Waals surface area contributed by atoms with Gasteiger partial charge in [0, 0.05) is 37.3 Å². The summed E-state index contributed by atoms with van der Waals surface area (Å²) < 4.78 is 22.5. The fraction of sp³-hybridized carbons (Fsp3) is 0.500. The van der Waals surface area contributed by atoms with Gasteiger partial charge in [-0.25, -0.2) is 0 Å². The molecule has 0 atom stereocenters. The molecule has 0 bridgehead atoms. The van der Waals surface area contributed by atoms with Crippen LogP contribution in [0, 0.1) is 13.8 Å². The van der Waals surface area contributed by atoms with Crippen LogP contribution < -0.4 is 16.0 Å². The van der Waals surface area contributed by atoms with Gasteiger partial charge in [0.1, 0.15) is 23.8 Å². The number of aryl methyl sites for hydroxylation is 2. The Morgan fingerprint density at radius 2 is 1.09 bits per heavy atom. The first-order valence-electron chi connectivity index (χ1n) is 14.5. The highest BCUT2D eigenvalue weighted by molar-refractivity contribution is 7.53. The molecule has 3 rings (SSSR count). The molecule has 0 aromatic heterocycles. The molecule has 1 fully saturated rings. The predicted octanol–water partition coefficient (Wildman–Crippen LogP) is 1.63. The lowest BCUT2D eigenvalue weighted by Crippen LogP contribution is -2.36. The maximum absolute atomic E-state index is 12.1. The van der Waals surface area contributed by atoms with Gasteiger partial charge in [0.2, 0.25) is 11.8 Å². The summed E-state index contributed by atoms with van der Waals surface area (Å²) in [6, 6.07) is 6.66. The Morgan fingerprint density at radius 3 is 1.44 bits per heavy atom. The molecule has 2 amide bonds. The normalized spacial score (nSPS) is 16.1. The van der Waals surface area contributed by atoms with Crippen molar-refractivity contribution in [1.82, 2.24) is 15.1 Å². The second-order valence-corrected chi connectivity index (χ2v) is 14.7. The van der Waals surface area contributed by atoms with Crippen molar-refractivity contribution in [2.45, 2.75) is 39.8 Å². The van der Waals surface area contributed by atoms with Crippen LogP contribution in [-0.4, -0.2) is 103 Å². The molecule has 0 radical (unpaired) electrons. The quantitative estimate of drug-likeness (QED) is 0.129. The lowest BCUT2D eigenvalue weighted by atomic mass is 10.1. The number of phenolic OH excluding ortho intramolecular Hbond substituents is 2. The van der Waals surface area contributed by atoms with E-state index in [9.17, 15) is 28.9 Å². The first kappa shape index (κ1) is 36.6. The Morgan fingerprint density at radius 1 is 0.711 bits per heavy atom. The highest BCUT2D eigenvalue weighted by Crippen LogP contribution is 2.37. The van der Waals surface area contributed by atoms with Crippen LogP contribution in [0.25, 0.3) is 0 Å². The molecule has 15 nitrogen and oxygen atoms in total. The Hall–Kier alpha value is -2.84. The van der Waals surface area contributed by atoms with Crippen LogP contribution in [0.15, 0.2) is 24.3 Å². The molecule has 0 aliphatic carbocycles. The Bertz CT molecular complexity index is 1350. The van der Waals surface area contributed by atoms with Crippen molar-refractivity contribution < 1.29 is 48.5 Å². The maximum atomic E-state index is 12.1. The number of aromatic hydroxyl groups is 2. The van der Waals surface area contributed by atoms with Crippen LogP contribution in [0.4, 0.5) is 11.4 Å². The third-order valence-electron chi connectivity index (χ3n) is 7.09. The number of carbonyl (C=O) groups excluding carboxylic acids is 2. The number of amides is 2. The molecule has 1 aliphatic heterocycles. The van der Waals surface area contributed by atoms with Gasteiger partial charge in [-0.05, 0) is 76.1 Å². The van der Waals surface area contributed by atoms with Gasteiger partial charge >= 0.3 is 15.2 Å². The topological polar surface area (TPSA) is 232 Å². The number of anilines is 2. The average Bonchev–Trinajstić information content (AvgIpc) is 2.93. The maximum Gasteiger partial charge on any atom is 0.334 e. The summed E-state index contributed by atoms with van der Waals surface area (Å²) in [6.45, 7) is 8.40. The lowest BCUT2D eigenvalue weighted by molar-refractivity contribution is -0.115. The molecule has 1 heterocycles. The van der Waals surface area contributed by atoms with Crippen molar-refractivity contribution in [3.63, 3.8) is 0 Å². The third kappa shape index (κ3) is 12.8. The van der Waals surface area contributed by atoms with Gasteiger partial charge < -0.3 is 45.7 Å². The van der Waals surface area contributed by atoms with E-state index >= 15 is 0 Å². The second kappa shape index (κ2) is 16.1.